The van der Waals surface area contributed by atoms with E-state index in [9.17, 15) is 9.59 Å². The number of amides is 1. The molecule has 104 valence electrons. The number of carboxylic acid groups (broad SMARTS) is 1. The minimum absolute atomic E-state index is 0.331. The number of nitrogens with one attached hydrogen (secondary N) is 1. The van der Waals surface area contributed by atoms with Crippen molar-refractivity contribution in [2.75, 3.05) is 6.61 Å². The van der Waals surface area contributed by atoms with Gasteiger partial charge in [0.15, 0.2) is 6.10 Å². The van der Waals surface area contributed by atoms with E-state index in [0.717, 1.165) is 0 Å². The van der Waals surface area contributed by atoms with Crippen molar-refractivity contribution in [3.05, 3.63) is 35.9 Å². The number of aliphatic hydroxyl groups is 3. The van der Waals surface area contributed by atoms with Crippen LogP contribution < -0.4 is 5.32 Å². The fourth-order valence-electron chi connectivity index (χ4n) is 1.46. The van der Waals surface area contributed by atoms with Gasteiger partial charge in [0.1, 0.15) is 6.10 Å². The predicted molar refractivity (Wildman–Crippen MR) is 64.4 cm³/mol. The largest absolute Gasteiger partial charge is 0.478 e. The molecule has 0 aromatic heterocycles. The number of benzene rings is 1. The van der Waals surface area contributed by atoms with Gasteiger partial charge in [-0.1, -0.05) is 18.2 Å². The van der Waals surface area contributed by atoms with Gasteiger partial charge in [-0.3, -0.25) is 4.79 Å². The molecule has 0 spiro atoms. The van der Waals surface area contributed by atoms with Crippen molar-refractivity contribution in [3.8, 4) is 0 Å². The number of hydrogen-bond donors (Lipinski definition) is 5. The number of hydrogen-bond acceptors (Lipinski definition) is 5. The molecule has 1 amide bonds. The Hall–Kier alpha value is -1.96. The topological polar surface area (TPSA) is 127 Å². The molecular weight excluding hydrogens is 254 g/mol. The third kappa shape index (κ3) is 4.02. The van der Waals surface area contributed by atoms with Crippen LogP contribution in [0.1, 0.15) is 10.4 Å². The minimum atomic E-state index is -1.39. The predicted octanol–water partition coefficient (Wildman–Crippen LogP) is -1.42. The second-order valence-electron chi connectivity index (χ2n) is 3.90. The average Bonchev–Trinajstić information content (AvgIpc) is 2.67. The summed E-state index contributed by atoms with van der Waals surface area (Å²) in [6.45, 7) is -0.357. The van der Waals surface area contributed by atoms with Gasteiger partial charge in [-0.15, -0.1) is 0 Å². The lowest BCUT2D eigenvalue weighted by Gasteiger charge is -2.10. The van der Waals surface area contributed by atoms with Crippen molar-refractivity contribution in [1.82, 2.24) is 5.32 Å². The number of aliphatic hydroxyl groups excluding tert-OH is 3. The van der Waals surface area contributed by atoms with Gasteiger partial charge in [0.2, 0.25) is 0 Å². The molecule has 1 aliphatic heterocycles. The summed E-state index contributed by atoms with van der Waals surface area (Å²) in [6, 6.07) is 7.58. The molecule has 0 radical (unpaired) electrons. The maximum atomic E-state index is 10.5. The average molecular weight is 269 g/mol. The molecule has 0 saturated carbocycles. The Morgan fingerprint density at radius 1 is 1.21 bits per heavy atom. The molecule has 0 bridgehead atoms. The minimum Gasteiger partial charge on any atom is -0.478 e. The summed E-state index contributed by atoms with van der Waals surface area (Å²) in [7, 11) is 0. The lowest BCUT2D eigenvalue weighted by Crippen LogP contribution is -2.35. The Labute approximate surface area is 109 Å². The zero-order valence-corrected chi connectivity index (χ0v) is 9.93. The molecule has 1 saturated heterocycles. The van der Waals surface area contributed by atoms with Crippen molar-refractivity contribution in [3.63, 3.8) is 0 Å². The molecule has 1 heterocycles. The van der Waals surface area contributed by atoms with Gasteiger partial charge >= 0.3 is 5.97 Å². The Bertz CT molecular complexity index is 435. The highest BCUT2D eigenvalue weighted by Crippen LogP contribution is 2.07. The SMILES string of the molecule is O=C(O)c1ccccc1.O=C1NC(CO)C(O)C1O. The summed E-state index contributed by atoms with van der Waals surface area (Å²) < 4.78 is 0. The van der Waals surface area contributed by atoms with Gasteiger partial charge in [0, 0.05) is 0 Å². The van der Waals surface area contributed by atoms with E-state index in [0.29, 0.717) is 5.56 Å². The van der Waals surface area contributed by atoms with E-state index in [2.05, 4.69) is 5.32 Å². The molecule has 1 aliphatic rings. The summed E-state index contributed by atoms with van der Waals surface area (Å²) >= 11 is 0. The summed E-state index contributed by atoms with van der Waals surface area (Å²) in [5.41, 5.74) is 0.331. The van der Waals surface area contributed by atoms with Gasteiger partial charge < -0.3 is 25.7 Å². The normalized spacial score (nSPS) is 25.2. The first-order chi connectivity index (χ1) is 8.97. The molecule has 1 fully saturated rings. The van der Waals surface area contributed by atoms with Crippen LogP contribution >= 0.6 is 0 Å². The van der Waals surface area contributed by atoms with Gasteiger partial charge in [0.05, 0.1) is 18.2 Å². The molecule has 7 nitrogen and oxygen atoms in total. The first-order valence-corrected chi connectivity index (χ1v) is 5.53. The van der Waals surface area contributed by atoms with Crippen molar-refractivity contribution in [2.45, 2.75) is 18.2 Å². The number of carboxylic acids is 1. The van der Waals surface area contributed by atoms with Gasteiger partial charge in [0.25, 0.3) is 5.91 Å². The van der Waals surface area contributed by atoms with E-state index in [-0.39, 0.29) is 6.61 Å². The number of aromatic carboxylic acids is 1. The van der Waals surface area contributed by atoms with Crippen LogP contribution in [0.3, 0.4) is 0 Å². The van der Waals surface area contributed by atoms with E-state index in [1.54, 1.807) is 30.3 Å². The van der Waals surface area contributed by atoms with Gasteiger partial charge in [-0.2, -0.15) is 0 Å². The first kappa shape index (κ1) is 15.1. The Balaban J connectivity index is 0.000000191. The van der Waals surface area contributed by atoms with Crippen LogP contribution in [-0.2, 0) is 4.79 Å². The van der Waals surface area contributed by atoms with Crippen LogP contribution in [0.25, 0.3) is 0 Å². The second kappa shape index (κ2) is 6.83. The van der Waals surface area contributed by atoms with Crippen LogP contribution in [0.4, 0.5) is 0 Å². The molecule has 3 unspecified atom stereocenters. The molecule has 0 aliphatic carbocycles. The maximum absolute atomic E-state index is 10.5. The number of carbonyl (C=O) groups is 2. The quantitative estimate of drug-likeness (QED) is 0.448. The monoisotopic (exact) mass is 269 g/mol. The Kier molecular flexibility index (Phi) is 5.43. The van der Waals surface area contributed by atoms with E-state index < -0.39 is 30.1 Å². The van der Waals surface area contributed by atoms with E-state index >= 15 is 0 Å². The highest BCUT2D eigenvalue weighted by Gasteiger charge is 2.39. The van der Waals surface area contributed by atoms with Crippen LogP contribution in [0.2, 0.25) is 0 Å². The van der Waals surface area contributed by atoms with E-state index in [1.165, 1.54) is 0 Å². The van der Waals surface area contributed by atoms with Crippen molar-refractivity contribution in [1.29, 1.82) is 0 Å². The summed E-state index contributed by atoms with van der Waals surface area (Å²) in [4.78, 5) is 20.7. The van der Waals surface area contributed by atoms with Gasteiger partial charge in [-0.05, 0) is 12.1 Å². The number of rotatable bonds is 2. The standard InChI is InChI=1S/C7H6O2.C5H9NO4/c8-7(9)6-4-2-1-3-5-6;7-1-2-3(8)4(9)5(10)6-2/h1-5H,(H,8,9);2-4,7-9H,1H2,(H,6,10). The highest BCUT2D eigenvalue weighted by molar-refractivity contribution is 5.87. The molecule has 5 N–H and O–H groups in total. The Morgan fingerprint density at radius 3 is 2.05 bits per heavy atom. The fraction of sp³-hybridized carbons (Fsp3) is 0.333. The van der Waals surface area contributed by atoms with Crippen molar-refractivity contribution >= 4 is 11.9 Å². The number of carbonyl (C=O) groups excluding carboxylic acids is 1. The van der Waals surface area contributed by atoms with Crippen molar-refractivity contribution in [2.24, 2.45) is 0 Å². The third-order valence-corrected chi connectivity index (χ3v) is 2.55. The van der Waals surface area contributed by atoms with Crippen LogP contribution in [0.15, 0.2) is 30.3 Å². The Morgan fingerprint density at radius 2 is 1.79 bits per heavy atom. The van der Waals surface area contributed by atoms with E-state index in [4.69, 9.17) is 20.4 Å². The molecule has 3 atom stereocenters. The smallest absolute Gasteiger partial charge is 0.335 e. The zero-order valence-electron chi connectivity index (χ0n) is 9.93. The molecular formula is C12H15NO6. The second-order valence-corrected chi connectivity index (χ2v) is 3.90. The zero-order chi connectivity index (χ0) is 14.4. The molecule has 2 rings (SSSR count). The molecule has 1 aromatic carbocycles. The first-order valence-electron chi connectivity index (χ1n) is 5.53. The highest BCUT2D eigenvalue weighted by atomic mass is 16.4. The maximum Gasteiger partial charge on any atom is 0.335 e. The fourth-order valence-corrected chi connectivity index (χ4v) is 1.46. The molecule has 7 heteroatoms. The summed E-state index contributed by atoms with van der Waals surface area (Å²) in [6.07, 6.45) is -2.57. The molecule has 1 aromatic rings. The van der Waals surface area contributed by atoms with Crippen LogP contribution in [0.5, 0.6) is 0 Å². The lowest BCUT2D eigenvalue weighted by molar-refractivity contribution is -0.128. The lowest BCUT2D eigenvalue weighted by atomic mass is 10.1. The summed E-state index contributed by atoms with van der Waals surface area (Å²) in [5, 5.41) is 36.8. The third-order valence-electron chi connectivity index (χ3n) is 2.55. The van der Waals surface area contributed by atoms with Crippen LogP contribution in [-0.4, -0.2) is 57.2 Å². The van der Waals surface area contributed by atoms with Crippen molar-refractivity contribution < 1.29 is 30.0 Å². The van der Waals surface area contributed by atoms with Gasteiger partial charge in [-0.25, -0.2) is 4.79 Å². The van der Waals surface area contributed by atoms with Crippen LogP contribution in [0, 0.1) is 0 Å². The molecule has 19 heavy (non-hydrogen) atoms. The van der Waals surface area contributed by atoms with E-state index in [1.807, 2.05) is 0 Å². The summed E-state index contributed by atoms with van der Waals surface area (Å²) in [5.74, 6) is -1.51.